The van der Waals surface area contributed by atoms with Gasteiger partial charge in [-0.05, 0) is 61.8 Å². The smallest absolute Gasteiger partial charge is 0.0343 e. The molecule has 104 valence electrons. The third kappa shape index (κ3) is 3.01. The highest BCUT2D eigenvalue weighted by Crippen LogP contribution is 2.38. The van der Waals surface area contributed by atoms with Crippen LogP contribution in [0.2, 0.25) is 0 Å². The van der Waals surface area contributed by atoms with E-state index < -0.39 is 0 Å². The Kier molecular flexibility index (Phi) is 4.02. The Bertz CT molecular complexity index is 570. The first-order valence-electron chi connectivity index (χ1n) is 7.22. The maximum atomic E-state index is 3.63. The van der Waals surface area contributed by atoms with Crippen molar-refractivity contribution in [1.29, 1.82) is 0 Å². The molecule has 0 aromatic heterocycles. The number of benzene rings is 2. The van der Waals surface area contributed by atoms with Crippen molar-refractivity contribution in [3.8, 4) is 0 Å². The Labute approximate surface area is 125 Å². The predicted molar refractivity (Wildman–Crippen MR) is 88.8 cm³/mol. The van der Waals surface area contributed by atoms with Gasteiger partial charge >= 0.3 is 0 Å². The van der Waals surface area contributed by atoms with Gasteiger partial charge in [-0.25, -0.2) is 0 Å². The van der Waals surface area contributed by atoms with Crippen molar-refractivity contribution in [2.24, 2.45) is 0 Å². The largest absolute Gasteiger partial charge is 0.382 e. The number of hydrogen-bond acceptors (Lipinski definition) is 2. The summed E-state index contributed by atoms with van der Waals surface area (Å²) >= 11 is 1.79. The van der Waals surface area contributed by atoms with Gasteiger partial charge in [0.15, 0.2) is 0 Å². The van der Waals surface area contributed by atoms with Crippen LogP contribution in [0.4, 0.5) is 5.69 Å². The van der Waals surface area contributed by atoms with Gasteiger partial charge in [0.1, 0.15) is 0 Å². The lowest BCUT2D eigenvalue weighted by atomic mass is 9.75. The van der Waals surface area contributed by atoms with Gasteiger partial charge in [0.25, 0.3) is 0 Å². The standard InChI is InChI=1S/C18H21NS/c1-13-4-3-5-14(10-13)15-11-17(12-15)19-16-6-8-18(20-2)9-7-16/h3-10,15,17,19H,11-12H2,1-2H3. The summed E-state index contributed by atoms with van der Waals surface area (Å²) in [6.07, 6.45) is 4.60. The van der Waals surface area contributed by atoms with E-state index in [0.29, 0.717) is 6.04 Å². The molecule has 1 aliphatic carbocycles. The molecule has 0 saturated heterocycles. The second-order valence-corrected chi connectivity index (χ2v) is 6.53. The number of anilines is 1. The fraction of sp³-hybridized carbons (Fsp3) is 0.333. The zero-order chi connectivity index (χ0) is 13.9. The van der Waals surface area contributed by atoms with Gasteiger partial charge in [0.2, 0.25) is 0 Å². The van der Waals surface area contributed by atoms with Crippen LogP contribution in [0.1, 0.15) is 29.9 Å². The van der Waals surface area contributed by atoms with Gasteiger partial charge in [-0.3, -0.25) is 0 Å². The molecule has 1 saturated carbocycles. The third-order valence-corrected chi connectivity index (χ3v) is 4.86. The van der Waals surface area contributed by atoms with E-state index in [1.165, 1.54) is 34.6 Å². The molecule has 1 N–H and O–H groups in total. The van der Waals surface area contributed by atoms with E-state index >= 15 is 0 Å². The molecule has 0 spiro atoms. The summed E-state index contributed by atoms with van der Waals surface area (Å²) in [7, 11) is 0. The van der Waals surface area contributed by atoms with E-state index in [4.69, 9.17) is 0 Å². The SMILES string of the molecule is CSc1ccc(NC2CC(c3cccc(C)c3)C2)cc1. The zero-order valence-electron chi connectivity index (χ0n) is 12.1. The van der Waals surface area contributed by atoms with Gasteiger partial charge in [-0.1, -0.05) is 29.8 Å². The summed E-state index contributed by atoms with van der Waals surface area (Å²) in [5.41, 5.74) is 4.11. The Hall–Kier alpha value is -1.41. The van der Waals surface area contributed by atoms with Crippen molar-refractivity contribution >= 4 is 17.4 Å². The Morgan fingerprint density at radius 1 is 1.05 bits per heavy atom. The van der Waals surface area contributed by atoms with Crippen LogP contribution in [0.15, 0.2) is 53.4 Å². The van der Waals surface area contributed by atoms with Gasteiger partial charge in [0, 0.05) is 16.6 Å². The monoisotopic (exact) mass is 283 g/mol. The molecule has 0 unspecified atom stereocenters. The van der Waals surface area contributed by atoms with Crippen LogP contribution >= 0.6 is 11.8 Å². The molecule has 1 aliphatic rings. The van der Waals surface area contributed by atoms with Crippen molar-refractivity contribution < 1.29 is 0 Å². The highest BCUT2D eigenvalue weighted by atomic mass is 32.2. The molecule has 0 atom stereocenters. The highest BCUT2D eigenvalue weighted by molar-refractivity contribution is 7.98. The minimum absolute atomic E-state index is 0.626. The second kappa shape index (κ2) is 5.92. The minimum atomic E-state index is 0.626. The predicted octanol–water partition coefficient (Wildman–Crippen LogP) is 5.08. The number of aryl methyl sites for hydroxylation is 1. The molecule has 0 amide bonds. The minimum Gasteiger partial charge on any atom is -0.382 e. The average molecular weight is 283 g/mol. The summed E-state index contributed by atoms with van der Waals surface area (Å²) in [6.45, 7) is 2.17. The Morgan fingerprint density at radius 2 is 1.80 bits per heavy atom. The lowest BCUT2D eigenvalue weighted by Crippen LogP contribution is -2.33. The molecule has 20 heavy (non-hydrogen) atoms. The Morgan fingerprint density at radius 3 is 2.45 bits per heavy atom. The van der Waals surface area contributed by atoms with Crippen molar-refractivity contribution in [2.75, 3.05) is 11.6 Å². The summed E-state index contributed by atoms with van der Waals surface area (Å²) in [6, 6.07) is 18.3. The van der Waals surface area contributed by atoms with Crippen molar-refractivity contribution in [1.82, 2.24) is 0 Å². The molecule has 0 radical (unpaired) electrons. The molecule has 0 bridgehead atoms. The molecular formula is C18H21NS. The summed E-state index contributed by atoms with van der Waals surface area (Å²) in [4.78, 5) is 1.32. The lowest BCUT2D eigenvalue weighted by molar-refractivity contribution is 0.374. The number of hydrogen-bond donors (Lipinski definition) is 1. The molecule has 0 aliphatic heterocycles. The van der Waals surface area contributed by atoms with Gasteiger partial charge in [-0.2, -0.15) is 0 Å². The third-order valence-electron chi connectivity index (χ3n) is 4.11. The fourth-order valence-electron chi connectivity index (χ4n) is 2.85. The van der Waals surface area contributed by atoms with Crippen LogP contribution in [0, 0.1) is 6.92 Å². The zero-order valence-corrected chi connectivity index (χ0v) is 12.9. The highest BCUT2D eigenvalue weighted by Gasteiger charge is 2.30. The van der Waals surface area contributed by atoms with E-state index in [1.807, 2.05) is 0 Å². The topological polar surface area (TPSA) is 12.0 Å². The van der Waals surface area contributed by atoms with E-state index in [1.54, 1.807) is 11.8 Å². The first kappa shape index (κ1) is 13.6. The van der Waals surface area contributed by atoms with E-state index in [2.05, 4.69) is 67.0 Å². The quantitative estimate of drug-likeness (QED) is 0.786. The van der Waals surface area contributed by atoms with Gasteiger partial charge < -0.3 is 5.32 Å². The molecular weight excluding hydrogens is 262 g/mol. The summed E-state index contributed by atoms with van der Waals surface area (Å²) in [5.74, 6) is 0.734. The lowest BCUT2D eigenvalue weighted by Gasteiger charge is -2.37. The first-order chi connectivity index (χ1) is 9.74. The van der Waals surface area contributed by atoms with Crippen molar-refractivity contribution in [2.45, 2.75) is 36.6 Å². The fourth-order valence-corrected chi connectivity index (χ4v) is 3.26. The number of rotatable bonds is 4. The normalized spacial score (nSPS) is 21.3. The average Bonchev–Trinajstić information content (AvgIpc) is 2.43. The number of nitrogens with one attached hydrogen (secondary N) is 1. The molecule has 1 fully saturated rings. The van der Waals surface area contributed by atoms with Crippen molar-refractivity contribution in [3.05, 3.63) is 59.7 Å². The van der Waals surface area contributed by atoms with E-state index in [9.17, 15) is 0 Å². The molecule has 2 aromatic carbocycles. The van der Waals surface area contributed by atoms with Crippen LogP contribution in [-0.4, -0.2) is 12.3 Å². The summed E-state index contributed by atoms with van der Waals surface area (Å²) in [5, 5.41) is 3.63. The molecule has 1 nitrogen and oxygen atoms in total. The van der Waals surface area contributed by atoms with Crippen LogP contribution in [0.25, 0.3) is 0 Å². The van der Waals surface area contributed by atoms with Crippen molar-refractivity contribution in [3.63, 3.8) is 0 Å². The van der Waals surface area contributed by atoms with Gasteiger partial charge in [0.05, 0.1) is 0 Å². The van der Waals surface area contributed by atoms with Crippen LogP contribution < -0.4 is 5.32 Å². The molecule has 2 aromatic rings. The van der Waals surface area contributed by atoms with Gasteiger partial charge in [-0.15, -0.1) is 11.8 Å². The van der Waals surface area contributed by atoms with Crippen LogP contribution in [0.3, 0.4) is 0 Å². The summed E-state index contributed by atoms with van der Waals surface area (Å²) < 4.78 is 0. The number of thioether (sulfide) groups is 1. The maximum Gasteiger partial charge on any atom is 0.0343 e. The maximum absolute atomic E-state index is 3.63. The van der Waals surface area contributed by atoms with Crippen LogP contribution in [-0.2, 0) is 0 Å². The second-order valence-electron chi connectivity index (χ2n) is 5.65. The Balaban J connectivity index is 1.55. The van der Waals surface area contributed by atoms with Crippen LogP contribution in [0.5, 0.6) is 0 Å². The molecule has 0 heterocycles. The molecule has 2 heteroatoms. The molecule has 3 rings (SSSR count). The first-order valence-corrected chi connectivity index (χ1v) is 8.44. The van der Waals surface area contributed by atoms with E-state index in [-0.39, 0.29) is 0 Å². The van der Waals surface area contributed by atoms with E-state index in [0.717, 1.165) is 5.92 Å².